The summed E-state index contributed by atoms with van der Waals surface area (Å²) in [5, 5.41) is 11.6. The highest BCUT2D eigenvalue weighted by atomic mass is 35.5. The first kappa shape index (κ1) is 22.7. The van der Waals surface area contributed by atoms with Gasteiger partial charge in [0.2, 0.25) is 0 Å². The average molecular weight is 448 g/mol. The smallest absolute Gasteiger partial charge is 0.312 e. The van der Waals surface area contributed by atoms with E-state index < -0.39 is 4.92 Å². The first-order chi connectivity index (χ1) is 14.7. The number of hydrogen-bond acceptors (Lipinski definition) is 6. The second-order valence-corrected chi connectivity index (χ2v) is 8.04. The Balaban J connectivity index is 1.75. The van der Waals surface area contributed by atoms with Gasteiger partial charge in [-0.15, -0.1) is 0 Å². The third kappa shape index (κ3) is 5.05. The van der Waals surface area contributed by atoms with E-state index in [4.69, 9.17) is 16.3 Å². The summed E-state index contributed by atoms with van der Waals surface area (Å²) in [6, 6.07) is 8.59. The normalized spacial score (nSPS) is 19.3. The third-order valence-corrected chi connectivity index (χ3v) is 5.88. The van der Waals surface area contributed by atoms with Crippen LogP contribution < -0.4 is 4.74 Å². The lowest BCUT2D eigenvalue weighted by molar-refractivity contribution is -0.386. The van der Waals surface area contributed by atoms with E-state index in [1.807, 2.05) is 29.6 Å². The van der Waals surface area contributed by atoms with Gasteiger partial charge in [0.1, 0.15) is 24.2 Å². The number of hydrogen-bond donors (Lipinski definition) is 0. The van der Waals surface area contributed by atoms with Crippen LogP contribution in [0.25, 0.3) is 0 Å². The van der Waals surface area contributed by atoms with Crippen LogP contribution in [0.4, 0.5) is 10.1 Å². The van der Waals surface area contributed by atoms with Gasteiger partial charge in [0, 0.05) is 25.2 Å². The summed E-state index contributed by atoms with van der Waals surface area (Å²) in [5.41, 5.74) is 1.79. The quantitative estimate of drug-likeness (QED) is 0.372. The van der Waals surface area contributed by atoms with E-state index in [-0.39, 0.29) is 36.1 Å². The molecule has 2 atom stereocenters. The van der Waals surface area contributed by atoms with E-state index in [0.717, 1.165) is 5.56 Å². The van der Waals surface area contributed by atoms with Gasteiger partial charge in [0.05, 0.1) is 16.0 Å². The van der Waals surface area contributed by atoms with Crippen molar-refractivity contribution in [2.45, 2.75) is 39.4 Å². The van der Waals surface area contributed by atoms with Gasteiger partial charge in [-0.2, -0.15) is 0 Å². The maximum absolute atomic E-state index is 13.2. The number of piperazine rings is 1. The van der Waals surface area contributed by atoms with Gasteiger partial charge >= 0.3 is 5.69 Å². The highest BCUT2D eigenvalue weighted by Crippen LogP contribution is 2.33. The highest BCUT2D eigenvalue weighted by Gasteiger charge is 2.34. The highest BCUT2D eigenvalue weighted by molar-refractivity contribution is 6.31. The van der Waals surface area contributed by atoms with Crippen LogP contribution >= 0.6 is 11.6 Å². The fraction of sp³-hybridized carbons (Fsp3) is 0.364. The van der Waals surface area contributed by atoms with Gasteiger partial charge < -0.3 is 9.64 Å². The molecule has 3 rings (SSSR count). The Kier molecular flexibility index (Phi) is 6.95. The van der Waals surface area contributed by atoms with Crippen LogP contribution in [0.5, 0.6) is 5.75 Å². The minimum absolute atomic E-state index is 0.0526. The van der Waals surface area contributed by atoms with Gasteiger partial charge in [-0.05, 0) is 50.1 Å². The number of nitro groups is 1. The van der Waals surface area contributed by atoms with E-state index in [1.54, 1.807) is 19.1 Å². The van der Waals surface area contributed by atoms with Crippen molar-refractivity contribution in [3.05, 3.63) is 74.2 Å². The Hall–Kier alpha value is -2.93. The van der Waals surface area contributed by atoms with Crippen LogP contribution in [0.15, 0.2) is 42.1 Å². The van der Waals surface area contributed by atoms with Crippen molar-refractivity contribution in [2.24, 2.45) is 0 Å². The lowest BCUT2D eigenvalue weighted by Crippen LogP contribution is -2.55. The fourth-order valence-corrected chi connectivity index (χ4v) is 3.80. The topological polar surface area (TPSA) is 75.9 Å². The molecule has 0 aliphatic carbocycles. The van der Waals surface area contributed by atoms with Crippen LogP contribution in [0.2, 0.25) is 5.02 Å². The number of halogens is 2. The molecule has 0 N–H and O–H groups in total. The molecule has 1 aliphatic rings. The van der Waals surface area contributed by atoms with Crippen molar-refractivity contribution >= 4 is 23.2 Å². The molecule has 164 valence electrons. The number of rotatable bonds is 6. The molecule has 2 aromatic rings. The first-order valence-corrected chi connectivity index (χ1v) is 10.2. The molecular weight excluding hydrogens is 425 g/mol. The van der Waals surface area contributed by atoms with Crippen molar-refractivity contribution < 1.29 is 18.8 Å². The summed E-state index contributed by atoms with van der Waals surface area (Å²) < 4.78 is 19.0. The Bertz CT molecular complexity index is 1020. The lowest BCUT2D eigenvalue weighted by Gasteiger charge is -2.45. The predicted molar refractivity (Wildman–Crippen MR) is 115 cm³/mol. The Morgan fingerprint density at radius 2 is 1.97 bits per heavy atom. The van der Waals surface area contributed by atoms with Crippen LogP contribution in [-0.4, -0.2) is 46.0 Å². The van der Waals surface area contributed by atoms with Gasteiger partial charge in [0.15, 0.2) is 5.75 Å². The molecule has 0 radical (unpaired) electrons. The third-order valence-electron chi connectivity index (χ3n) is 5.48. The number of ether oxygens (including phenoxy) is 1. The molecule has 1 heterocycles. The van der Waals surface area contributed by atoms with E-state index in [9.17, 15) is 19.3 Å². The van der Waals surface area contributed by atoms with Gasteiger partial charge in [-0.3, -0.25) is 15.0 Å². The molecule has 0 bridgehead atoms. The summed E-state index contributed by atoms with van der Waals surface area (Å²) in [5.74, 6) is 1.84. The molecule has 0 amide bonds. The number of aryl methyl sites for hydroxylation is 1. The zero-order valence-corrected chi connectivity index (χ0v) is 18.2. The summed E-state index contributed by atoms with van der Waals surface area (Å²) >= 11 is 6.01. The molecule has 2 aromatic carbocycles. The lowest BCUT2D eigenvalue weighted by atomic mass is 10.0. The zero-order chi connectivity index (χ0) is 22.7. The standard InChI is InChI=1S/C22H23ClFN3O4/c1-14-8-22(20(27(29)30)9-19(14)23)31-13-25-10-15(2)26(21(12-28)16(25)3)11-17-4-6-18(24)7-5-17/h4-9,15-16H,10-11,13H2,1-3H3/t15-,16+/m1/s1. The van der Waals surface area contributed by atoms with Crippen molar-refractivity contribution in [1.29, 1.82) is 0 Å². The van der Waals surface area contributed by atoms with Gasteiger partial charge in [0.25, 0.3) is 0 Å². The summed E-state index contributed by atoms with van der Waals surface area (Å²) in [6.07, 6.45) is 0. The van der Waals surface area contributed by atoms with E-state index in [0.29, 0.717) is 29.4 Å². The van der Waals surface area contributed by atoms with Crippen molar-refractivity contribution in [3.63, 3.8) is 0 Å². The molecule has 31 heavy (non-hydrogen) atoms. The predicted octanol–water partition coefficient (Wildman–Crippen LogP) is 4.34. The SMILES string of the molecule is Cc1cc(OCN2C[C@@H](C)N(Cc3ccc(F)cc3)C(=C=O)[C@@H]2C)c([N+](=O)[O-])cc1Cl. The summed E-state index contributed by atoms with van der Waals surface area (Å²) in [6.45, 7) is 6.64. The van der Waals surface area contributed by atoms with E-state index >= 15 is 0 Å². The number of nitrogens with zero attached hydrogens (tertiary/aromatic N) is 3. The minimum atomic E-state index is -0.538. The second-order valence-electron chi connectivity index (χ2n) is 7.64. The molecule has 1 saturated heterocycles. The summed E-state index contributed by atoms with van der Waals surface area (Å²) in [7, 11) is 0. The number of carbonyl (C=O) groups excluding carboxylic acids is 1. The maximum atomic E-state index is 13.2. The van der Waals surface area contributed by atoms with Crippen LogP contribution in [-0.2, 0) is 11.3 Å². The van der Waals surface area contributed by atoms with Crippen molar-refractivity contribution in [1.82, 2.24) is 9.80 Å². The molecule has 0 aromatic heterocycles. The molecule has 7 nitrogen and oxygen atoms in total. The van der Waals surface area contributed by atoms with Crippen LogP contribution in [0.1, 0.15) is 25.0 Å². The van der Waals surface area contributed by atoms with Crippen LogP contribution in [0.3, 0.4) is 0 Å². The summed E-state index contributed by atoms with van der Waals surface area (Å²) in [4.78, 5) is 26.5. The van der Waals surface area contributed by atoms with Crippen molar-refractivity contribution in [3.8, 4) is 5.75 Å². The monoisotopic (exact) mass is 447 g/mol. The Labute approximate surface area is 184 Å². The first-order valence-electron chi connectivity index (χ1n) is 9.78. The molecular formula is C22H23ClFN3O4. The maximum Gasteiger partial charge on any atom is 0.312 e. The Morgan fingerprint density at radius 3 is 2.58 bits per heavy atom. The van der Waals surface area contributed by atoms with E-state index in [2.05, 4.69) is 0 Å². The molecule has 1 fully saturated rings. The molecule has 0 saturated carbocycles. The minimum Gasteiger partial charge on any atom is -0.471 e. The zero-order valence-electron chi connectivity index (χ0n) is 17.5. The molecule has 9 heteroatoms. The largest absolute Gasteiger partial charge is 0.471 e. The fourth-order valence-electron chi connectivity index (χ4n) is 3.64. The van der Waals surface area contributed by atoms with E-state index in [1.165, 1.54) is 24.3 Å². The van der Waals surface area contributed by atoms with Crippen molar-refractivity contribution in [2.75, 3.05) is 13.3 Å². The van der Waals surface area contributed by atoms with Gasteiger partial charge in [-0.25, -0.2) is 9.18 Å². The second kappa shape index (κ2) is 9.47. The van der Waals surface area contributed by atoms with Crippen LogP contribution in [0, 0.1) is 22.9 Å². The Morgan fingerprint density at radius 1 is 1.29 bits per heavy atom. The molecule has 0 unspecified atom stereocenters. The molecule has 0 spiro atoms. The van der Waals surface area contributed by atoms with Gasteiger partial charge in [-0.1, -0.05) is 23.7 Å². The molecule has 1 aliphatic heterocycles. The number of nitro benzene ring substituents is 1. The number of benzene rings is 2. The average Bonchev–Trinajstić information content (AvgIpc) is 2.73.